The standard InChI is InChI=1S/C17H29N5O2/c1-12-11-19-14(10-18)13(20-12)9-16(2,3)22-7-5-17(4,6-8-22)21-15(23)24/h11,21H,5-10,18H2,1-4H3,(H,23,24). The SMILES string of the molecule is Cc1cnc(CN)c(CC(C)(C)N2CCC(C)(NC(=O)O)CC2)n1. The lowest BCUT2D eigenvalue weighted by molar-refractivity contribution is 0.0577. The van der Waals surface area contributed by atoms with Crippen LogP contribution in [0.5, 0.6) is 0 Å². The average Bonchev–Trinajstić information content (AvgIpc) is 2.46. The zero-order chi connectivity index (χ0) is 18.0. The van der Waals surface area contributed by atoms with Crippen molar-refractivity contribution in [2.24, 2.45) is 5.73 Å². The summed E-state index contributed by atoms with van der Waals surface area (Å²) < 4.78 is 0. The number of aromatic nitrogens is 2. The van der Waals surface area contributed by atoms with Crippen molar-refractivity contribution in [2.45, 2.75) is 64.6 Å². The monoisotopic (exact) mass is 335 g/mol. The van der Waals surface area contributed by atoms with Gasteiger partial charge in [0, 0.05) is 43.3 Å². The predicted molar refractivity (Wildman–Crippen MR) is 92.8 cm³/mol. The van der Waals surface area contributed by atoms with Gasteiger partial charge in [0.15, 0.2) is 0 Å². The summed E-state index contributed by atoms with van der Waals surface area (Å²) in [6, 6.07) is 0. The van der Waals surface area contributed by atoms with Crippen molar-refractivity contribution in [3.8, 4) is 0 Å². The average molecular weight is 335 g/mol. The van der Waals surface area contributed by atoms with E-state index in [4.69, 9.17) is 10.8 Å². The molecule has 7 nitrogen and oxygen atoms in total. The molecular formula is C17H29N5O2. The Bertz CT molecular complexity index is 595. The predicted octanol–water partition coefficient (Wildman–Crippen LogP) is 1.69. The first-order valence-electron chi connectivity index (χ1n) is 8.43. The second-order valence-corrected chi connectivity index (χ2v) is 7.58. The third kappa shape index (κ3) is 4.42. The number of carbonyl (C=O) groups is 1. The van der Waals surface area contributed by atoms with E-state index in [0.717, 1.165) is 49.4 Å². The van der Waals surface area contributed by atoms with Crippen molar-refractivity contribution >= 4 is 6.09 Å². The van der Waals surface area contributed by atoms with Crippen molar-refractivity contribution in [1.82, 2.24) is 20.2 Å². The van der Waals surface area contributed by atoms with Gasteiger partial charge in [0.05, 0.1) is 17.1 Å². The lowest BCUT2D eigenvalue weighted by Crippen LogP contribution is -2.57. The maximum atomic E-state index is 10.9. The van der Waals surface area contributed by atoms with Crippen molar-refractivity contribution < 1.29 is 9.90 Å². The highest BCUT2D eigenvalue weighted by Gasteiger charge is 2.37. The number of nitrogens with zero attached hydrogens (tertiary/aromatic N) is 3. The molecule has 1 aliphatic heterocycles. The molecule has 0 atom stereocenters. The number of amides is 1. The summed E-state index contributed by atoms with van der Waals surface area (Å²) in [5, 5.41) is 11.6. The first-order chi connectivity index (χ1) is 11.1. The Kier molecular flexibility index (Phi) is 5.45. The zero-order valence-electron chi connectivity index (χ0n) is 15.1. The third-order valence-electron chi connectivity index (χ3n) is 4.98. The van der Waals surface area contributed by atoms with Gasteiger partial charge in [-0.3, -0.25) is 14.9 Å². The van der Waals surface area contributed by atoms with Crippen LogP contribution in [0.4, 0.5) is 4.79 Å². The molecule has 7 heteroatoms. The Balaban J connectivity index is 2.07. The highest BCUT2D eigenvalue weighted by Crippen LogP contribution is 2.29. The molecule has 0 aliphatic carbocycles. The molecule has 0 radical (unpaired) electrons. The Hall–Kier alpha value is -1.73. The normalized spacial score (nSPS) is 18.4. The molecule has 0 unspecified atom stereocenters. The molecule has 0 saturated carbocycles. The molecule has 4 N–H and O–H groups in total. The van der Waals surface area contributed by atoms with Gasteiger partial charge in [-0.05, 0) is 40.5 Å². The number of hydrogen-bond acceptors (Lipinski definition) is 5. The molecule has 1 aromatic heterocycles. The van der Waals surface area contributed by atoms with Gasteiger partial charge in [0.25, 0.3) is 0 Å². The Morgan fingerprint density at radius 3 is 2.58 bits per heavy atom. The summed E-state index contributed by atoms with van der Waals surface area (Å²) in [6.45, 7) is 10.4. The van der Waals surface area contributed by atoms with Gasteiger partial charge in [-0.1, -0.05) is 0 Å². The molecule has 2 heterocycles. The lowest BCUT2D eigenvalue weighted by Gasteiger charge is -2.46. The molecule has 1 amide bonds. The summed E-state index contributed by atoms with van der Waals surface area (Å²) in [5.41, 5.74) is 8.08. The lowest BCUT2D eigenvalue weighted by atomic mass is 9.85. The topological polar surface area (TPSA) is 104 Å². The molecule has 1 fully saturated rings. The summed E-state index contributed by atoms with van der Waals surface area (Å²) in [4.78, 5) is 22.4. The van der Waals surface area contributed by atoms with E-state index in [2.05, 4.69) is 34.0 Å². The van der Waals surface area contributed by atoms with E-state index in [1.807, 2.05) is 13.8 Å². The van der Waals surface area contributed by atoms with Crippen LogP contribution in [0.2, 0.25) is 0 Å². The number of aryl methyl sites for hydroxylation is 1. The number of nitrogens with two attached hydrogens (primary N) is 1. The summed E-state index contributed by atoms with van der Waals surface area (Å²) in [7, 11) is 0. The molecule has 1 aromatic rings. The fourth-order valence-electron chi connectivity index (χ4n) is 3.37. The van der Waals surface area contributed by atoms with Gasteiger partial charge in [-0.25, -0.2) is 4.79 Å². The van der Waals surface area contributed by atoms with E-state index in [1.165, 1.54) is 0 Å². The van der Waals surface area contributed by atoms with Crippen LogP contribution in [0.1, 0.15) is 50.7 Å². The number of likely N-dealkylation sites (tertiary alicyclic amines) is 1. The van der Waals surface area contributed by atoms with E-state index in [9.17, 15) is 4.79 Å². The summed E-state index contributed by atoms with van der Waals surface area (Å²) in [5.74, 6) is 0. The Morgan fingerprint density at radius 1 is 1.42 bits per heavy atom. The van der Waals surface area contributed by atoms with E-state index in [-0.39, 0.29) is 11.1 Å². The highest BCUT2D eigenvalue weighted by atomic mass is 16.4. The van der Waals surface area contributed by atoms with Gasteiger partial charge in [-0.15, -0.1) is 0 Å². The van der Waals surface area contributed by atoms with E-state index < -0.39 is 6.09 Å². The van der Waals surface area contributed by atoms with Gasteiger partial charge < -0.3 is 16.2 Å². The number of carboxylic acid groups (broad SMARTS) is 1. The summed E-state index contributed by atoms with van der Waals surface area (Å²) >= 11 is 0. The van der Waals surface area contributed by atoms with Gasteiger partial charge >= 0.3 is 6.09 Å². The van der Waals surface area contributed by atoms with Crippen molar-refractivity contribution in [1.29, 1.82) is 0 Å². The molecule has 0 spiro atoms. The van der Waals surface area contributed by atoms with Gasteiger partial charge in [0.1, 0.15) is 0 Å². The number of hydrogen-bond donors (Lipinski definition) is 3. The van der Waals surface area contributed by atoms with E-state index >= 15 is 0 Å². The fourth-order valence-corrected chi connectivity index (χ4v) is 3.37. The quantitative estimate of drug-likeness (QED) is 0.756. The van der Waals surface area contributed by atoms with Gasteiger partial charge in [0.2, 0.25) is 0 Å². The second-order valence-electron chi connectivity index (χ2n) is 7.58. The molecular weight excluding hydrogens is 306 g/mol. The smallest absolute Gasteiger partial charge is 0.405 e. The van der Waals surface area contributed by atoms with Crippen LogP contribution < -0.4 is 11.1 Å². The number of rotatable bonds is 5. The minimum absolute atomic E-state index is 0.0864. The molecule has 0 aromatic carbocycles. The van der Waals surface area contributed by atoms with Crippen LogP contribution in [-0.4, -0.2) is 50.2 Å². The molecule has 1 saturated heterocycles. The van der Waals surface area contributed by atoms with E-state index in [0.29, 0.717) is 6.54 Å². The fraction of sp³-hybridized carbons (Fsp3) is 0.706. The molecule has 1 aliphatic rings. The van der Waals surface area contributed by atoms with Gasteiger partial charge in [-0.2, -0.15) is 0 Å². The first-order valence-corrected chi connectivity index (χ1v) is 8.43. The number of nitrogens with one attached hydrogen (secondary N) is 1. The van der Waals surface area contributed by atoms with E-state index in [1.54, 1.807) is 6.20 Å². The minimum atomic E-state index is -0.951. The zero-order valence-corrected chi connectivity index (χ0v) is 15.1. The maximum absolute atomic E-state index is 10.9. The van der Waals surface area contributed by atoms with Crippen LogP contribution >= 0.6 is 0 Å². The van der Waals surface area contributed by atoms with Crippen LogP contribution in [0.25, 0.3) is 0 Å². The first kappa shape index (κ1) is 18.6. The van der Waals surface area contributed by atoms with Crippen molar-refractivity contribution in [3.05, 3.63) is 23.3 Å². The van der Waals surface area contributed by atoms with Crippen LogP contribution in [-0.2, 0) is 13.0 Å². The molecule has 24 heavy (non-hydrogen) atoms. The Labute approximate surface area is 143 Å². The largest absolute Gasteiger partial charge is 0.465 e. The minimum Gasteiger partial charge on any atom is -0.465 e. The maximum Gasteiger partial charge on any atom is 0.405 e. The van der Waals surface area contributed by atoms with Crippen molar-refractivity contribution in [3.63, 3.8) is 0 Å². The van der Waals surface area contributed by atoms with Crippen LogP contribution in [0.3, 0.4) is 0 Å². The highest BCUT2D eigenvalue weighted by molar-refractivity contribution is 5.65. The molecule has 134 valence electrons. The molecule has 0 bridgehead atoms. The van der Waals surface area contributed by atoms with Crippen molar-refractivity contribution in [2.75, 3.05) is 13.1 Å². The third-order valence-corrected chi connectivity index (χ3v) is 4.98. The molecule has 2 rings (SSSR count). The number of piperidine rings is 1. The van der Waals surface area contributed by atoms with Crippen LogP contribution in [0.15, 0.2) is 6.20 Å². The second kappa shape index (κ2) is 7.03. The summed E-state index contributed by atoms with van der Waals surface area (Å²) in [6.07, 6.45) is 3.17. The Morgan fingerprint density at radius 2 is 2.04 bits per heavy atom. The van der Waals surface area contributed by atoms with Crippen LogP contribution in [0, 0.1) is 6.92 Å².